The van der Waals surface area contributed by atoms with Crippen LogP contribution < -0.4 is 0 Å². The van der Waals surface area contributed by atoms with Crippen LogP contribution in [-0.2, 0) is 11.3 Å². The molecule has 17 heavy (non-hydrogen) atoms. The lowest BCUT2D eigenvalue weighted by Crippen LogP contribution is -2.28. The second-order valence-corrected chi connectivity index (χ2v) is 3.33. The molecule has 0 radical (unpaired) electrons. The first-order chi connectivity index (χ1) is 8.24. The van der Waals surface area contributed by atoms with E-state index in [4.69, 9.17) is 5.26 Å². The second kappa shape index (κ2) is 9.41. The summed E-state index contributed by atoms with van der Waals surface area (Å²) in [6.45, 7) is 6.61. The van der Waals surface area contributed by atoms with Crippen molar-refractivity contribution in [3.63, 3.8) is 0 Å². The Kier molecular flexibility index (Phi) is 8.40. The van der Waals surface area contributed by atoms with Gasteiger partial charge in [0.1, 0.15) is 0 Å². The molecule has 0 heterocycles. The van der Waals surface area contributed by atoms with Crippen LogP contribution >= 0.6 is 0 Å². The molecule has 0 bridgehead atoms. The summed E-state index contributed by atoms with van der Waals surface area (Å²) >= 11 is 0. The molecule has 0 unspecified atom stereocenters. The lowest BCUT2D eigenvalue weighted by Gasteiger charge is -2.19. The fraction of sp³-hybridized carbons (Fsp3) is 0.429. The SMILES string of the molecule is CC.CC(=O)N(CCC#N)Cc1ccccc1. The van der Waals surface area contributed by atoms with E-state index in [9.17, 15) is 4.79 Å². The van der Waals surface area contributed by atoms with Crippen molar-refractivity contribution in [2.45, 2.75) is 33.7 Å². The highest BCUT2D eigenvalue weighted by atomic mass is 16.2. The smallest absolute Gasteiger partial charge is 0.219 e. The lowest BCUT2D eigenvalue weighted by molar-refractivity contribution is -0.129. The molecule has 1 aromatic carbocycles. The van der Waals surface area contributed by atoms with E-state index in [2.05, 4.69) is 0 Å². The molecule has 0 aliphatic heterocycles. The van der Waals surface area contributed by atoms with Gasteiger partial charge < -0.3 is 4.90 Å². The van der Waals surface area contributed by atoms with Crippen LogP contribution in [0.15, 0.2) is 30.3 Å². The van der Waals surface area contributed by atoms with Crippen LogP contribution in [0.4, 0.5) is 0 Å². The number of hydrogen-bond acceptors (Lipinski definition) is 2. The minimum atomic E-state index is 0.00843. The maximum absolute atomic E-state index is 11.3. The topological polar surface area (TPSA) is 44.1 Å². The van der Waals surface area contributed by atoms with Gasteiger partial charge in [0.15, 0.2) is 0 Å². The van der Waals surface area contributed by atoms with Gasteiger partial charge in [-0.3, -0.25) is 4.79 Å². The molecule has 1 amide bonds. The van der Waals surface area contributed by atoms with Crippen molar-refractivity contribution in [1.29, 1.82) is 5.26 Å². The number of nitriles is 1. The van der Waals surface area contributed by atoms with Crippen molar-refractivity contribution in [3.8, 4) is 6.07 Å². The van der Waals surface area contributed by atoms with Gasteiger partial charge in [0, 0.05) is 20.0 Å². The van der Waals surface area contributed by atoms with Gasteiger partial charge in [0.2, 0.25) is 5.91 Å². The number of benzene rings is 1. The Balaban J connectivity index is 0.00000121. The van der Waals surface area contributed by atoms with E-state index >= 15 is 0 Å². The lowest BCUT2D eigenvalue weighted by atomic mass is 10.2. The van der Waals surface area contributed by atoms with Gasteiger partial charge in [-0.15, -0.1) is 0 Å². The van der Waals surface area contributed by atoms with Crippen molar-refractivity contribution in [3.05, 3.63) is 35.9 Å². The van der Waals surface area contributed by atoms with Crippen LogP contribution in [-0.4, -0.2) is 17.4 Å². The predicted octanol–water partition coefficient (Wildman–Crippen LogP) is 2.97. The predicted molar refractivity (Wildman–Crippen MR) is 69.1 cm³/mol. The van der Waals surface area contributed by atoms with Gasteiger partial charge >= 0.3 is 0 Å². The molecule has 0 fully saturated rings. The molecule has 0 N–H and O–H groups in total. The van der Waals surface area contributed by atoms with E-state index in [0.717, 1.165) is 5.56 Å². The summed E-state index contributed by atoms with van der Waals surface area (Å²) in [4.78, 5) is 12.9. The van der Waals surface area contributed by atoms with Gasteiger partial charge in [-0.1, -0.05) is 44.2 Å². The van der Waals surface area contributed by atoms with Gasteiger partial charge in [0.05, 0.1) is 12.5 Å². The maximum atomic E-state index is 11.3. The number of amides is 1. The molecule has 1 rings (SSSR count). The van der Waals surface area contributed by atoms with Crippen LogP contribution in [0.1, 0.15) is 32.8 Å². The number of rotatable bonds is 4. The minimum absolute atomic E-state index is 0.00843. The zero-order valence-electron chi connectivity index (χ0n) is 10.8. The first kappa shape index (κ1) is 15.2. The molecular weight excluding hydrogens is 212 g/mol. The van der Waals surface area contributed by atoms with Crippen LogP contribution in [0.2, 0.25) is 0 Å². The van der Waals surface area contributed by atoms with Gasteiger partial charge in [-0.2, -0.15) is 5.26 Å². The standard InChI is InChI=1S/C12H14N2O.C2H6/c1-11(15)14(9-5-8-13)10-12-6-3-2-4-7-12;1-2/h2-4,6-7H,5,9-10H2,1H3;1-2H3. The molecule has 0 aliphatic carbocycles. The Morgan fingerprint density at radius 1 is 1.29 bits per heavy atom. The summed E-state index contributed by atoms with van der Waals surface area (Å²) < 4.78 is 0. The first-order valence-electron chi connectivity index (χ1n) is 5.90. The van der Waals surface area contributed by atoms with Crippen molar-refractivity contribution < 1.29 is 4.79 Å². The molecule has 0 saturated heterocycles. The highest BCUT2D eigenvalue weighted by molar-refractivity contribution is 5.73. The number of carbonyl (C=O) groups excluding carboxylic acids is 1. The largest absolute Gasteiger partial charge is 0.338 e. The van der Waals surface area contributed by atoms with Gasteiger partial charge in [0.25, 0.3) is 0 Å². The molecule has 0 atom stereocenters. The molecule has 3 heteroatoms. The fourth-order valence-electron chi connectivity index (χ4n) is 1.34. The van der Waals surface area contributed by atoms with E-state index in [-0.39, 0.29) is 5.91 Å². The zero-order valence-corrected chi connectivity index (χ0v) is 10.8. The van der Waals surface area contributed by atoms with Crippen LogP contribution in [0.5, 0.6) is 0 Å². The molecule has 0 aliphatic rings. The number of carbonyl (C=O) groups is 1. The van der Waals surface area contributed by atoms with Crippen LogP contribution in [0.25, 0.3) is 0 Å². The van der Waals surface area contributed by atoms with Crippen LogP contribution in [0.3, 0.4) is 0 Å². The maximum Gasteiger partial charge on any atom is 0.219 e. The summed E-state index contributed by atoms with van der Waals surface area (Å²) in [6.07, 6.45) is 0.381. The molecule has 0 aromatic heterocycles. The van der Waals surface area contributed by atoms with Crippen molar-refractivity contribution in [2.24, 2.45) is 0 Å². The third kappa shape index (κ3) is 6.36. The Morgan fingerprint density at radius 2 is 1.88 bits per heavy atom. The van der Waals surface area contributed by atoms with Crippen molar-refractivity contribution in [2.75, 3.05) is 6.54 Å². The van der Waals surface area contributed by atoms with Gasteiger partial charge in [-0.25, -0.2) is 0 Å². The molecular formula is C14H20N2O. The Labute approximate surface area is 104 Å². The van der Waals surface area contributed by atoms with Crippen molar-refractivity contribution >= 4 is 5.91 Å². The minimum Gasteiger partial charge on any atom is -0.338 e. The van der Waals surface area contributed by atoms with E-state index < -0.39 is 0 Å². The van der Waals surface area contributed by atoms with E-state index in [1.54, 1.807) is 4.90 Å². The third-order valence-electron chi connectivity index (χ3n) is 2.16. The second-order valence-electron chi connectivity index (χ2n) is 3.33. The summed E-state index contributed by atoms with van der Waals surface area (Å²) in [6, 6.07) is 11.8. The molecule has 1 aromatic rings. The summed E-state index contributed by atoms with van der Waals surface area (Å²) in [5.41, 5.74) is 1.09. The van der Waals surface area contributed by atoms with E-state index in [1.807, 2.05) is 50.2 Å². The highest BCUT2D eigenvalue weighted by Crippen LogP contribution is 2.05. The molecule has 0 saturated carbocycles. The molecule has 0 spiro atoms. The normalized spacial score (nSPS) is 8.59. The summed E-state index contributed by atoms with van der Waals surface area (Å²) in [5.74, 6) is 0.00843. The monoisotopic (exact) mass is 232 g/mol. The first-order valence-corrected chi connectivity index (χ1v) is 5.90. The van der Waals surface area contributed by atoms with Crippen molar-refractivity contribution in [1.82, 2.24) is 4.90 Å². The Morgan fingerprint density at radius 3 is 2.35 bits per heavy atom. The fourth-order valence-corrected chi connectivity index (χ4v) is 1.34. The average molecular weight is 232 g/mol. The summed E-state index contributed by atoms with van der Waals surface area (Å²) in [5, 5.41) is 8.48. The van der Waals surface area contributed by atoms with Crippen LogP contribution in [0, 0.1) is 11.3 Å². The Hall–Kier alpha value is -1.82. The third-order valence-corrected chi connectivity index (χ3v) is 2.16. The molecule has 92 valence electrons. The summed E-state index contributed by atoms with van der Waals surface area (Å²) in [7, 11) is 0. The van der Waals surface area contributed by atoms with E-state index in [0.29, 0.717) is 19.5 Å². The molecule has 3 nitrogen and oxygen atoms in total. The van der Waals surface area contributed by atoms with Gasteiger partial charge in [-0.05, 0) is 5.56 Å². The Bertz CT molecular complexity index is 354. The number of hydrogen-bond donors (Lipinski definition) is 0. The highest BCUT2D eigenvalue weighted by Gasteiger charge is 2.08. The number of nitrogens with zero attached hydrogens (tertiary/aromatic N) is 2. The van der Waals surface area contributed by atoms with E-state index in [1.165, 1.54) is 6.92 Å². The average Bonchev–Trinajstić information content (AvgIpc) is 2.38. The zero-order chi connectivity index (χ0) is 13.1. The quantitative estimate of drug-likeness (QED) is 0.801.